The van der Waals surface area contributed by atoms with Crippen molar-refractivity contribution in [2.24, 2.45) is 5.92 Å². The number of rotatable bonds is 8. The zero-order chi connectivity index (χ0) is 16.7. The van der Waals surface area contributed by atoms with Gasteiger partial charge >= 0.3 is 5.97 Å². The van der Waals surface area contributed by atoms with E-state index in [2.05, 4.69) is 0 Å². The van der Waals surface area contributed by atoms with Crippen LogP contribution < -0.4 is 4.74 Å². The summed E-state index contributed by atoms with van der Waals surface area (Å²) in [4.78, 5) is 24.8. The predicted octanol–water partition coefficient (Wildman–Crippen LogP) is 2.72. The van der Waals surface area contributed by atoms with Crippen molar-refractivity contribution in [1.29, 1.82) is 0 Å². The van der Waals surface area contributed by atoms with Gasteiger partial charge in [-0.1, -0.05) is 26.0 Å². The third-order valence-corrected chi connectivity index (χ3v) is 3.14. The molecule has 0 aliphatic rings. The molecule has 0 saturated carbocycles. The summed E-state index contributed by atoms with van der Waals surface area (Å²) in [5.74, 6) is -0.183. The molecule has 5 heteroatoms. The number of ether oxygens (including phenoxy) is 1. The van der Waals surface area contributed by atoms with Crippen LogP contribution in [0.2, 0.25) is 0 Å². The predicted molar refractivity (Wildman–Crippen MR) is 84.9 cm³/mol. The van der Waals surface area contributed by atoms with Crippen LogP contribution in [0.1, 0.15) is 32.8 Å². The molecule has 0 aromatic heterocycles. The highest BCUT2D eigenvalue weighted by molar-refractivity contribution is 5.81. The molecular weight excluding hydrogens is 282 g/mol. The third kappa shape index (κ3) is 6.16. The standard InChI is InChI=1S/C17H25NO4/c1-12(2)11-18(9-8-16(19)20)17(21)14(4)22-15-7-5-6-13(3)10-15/h5-7,10,12,14H,8-9,11H2,1-4H3,(H,19,20). The van der Waals surface area contributed by atoms with Gasteiger partial charge in [-0.15, -0.1) is 0 Å². The van der Waals surface area contributed by atoms with Crippen molar-refractivity contribution in [3.63, 3.8) is 0 Å². The molecule has 0 fully saturated rings. The first kappa shape index (κ1) is 18.0. The summed E-state index contributed by atoms with van der Waals surface area (Å²) < 4.78 is 5.69. The Morgan fingerprint density at radius 2 is 1.95 bits per heavy atom. The van der Waals surface area contributed by atoms with E-state index in [9.17, 15) is 9.59 Å². The second kappa shape index (κ2) is 8.41. The average Bonchev–Trinajstić information content (AvgIpc) is 2.42. The normalized spacial score (nSPS) is 12.0. The maximum atomic E-state index is 12.5. The van der Waals surface area contributed by atoms with Gasteiger partial charge in [-0.05, 0) is 37.5 Å². The van der Waals surface area contributed by atoms with E-state index in [0.717, 1.165) is 5.56 Å². The summed E-state index contributed by atoms with van der Waals surface area (Å²) in [5.41, 5.74) is 1.06. The van der Waals surface area contributed by atoms with E-state index in [1.807, 2.05) is 39.0 Å². The molecule has 0 spiro atoms. The number of aryl methyl sites for hydroxylation is 1. The van der Waals surface area contributed by atoms with Gasteiger partial charge in [0.05, 0.1) is 6.42 Å². The molecule has 0 heterocycles. The summed E-state index contributed by atoms with van der Waals surface area (Å²) >= 11 is 0. The third-order valence-electron chi connectivity index (χ3n) is 3.14. The molecule has 1 aromatic rings. The molecule has 22 heavy (non-hydrogen) atoms. The molecule has 5 nitrogen and oxygen atoms in total. The number of carbonyl (C=O) groups is 2. The van der Waals surface area contributed by atoms with E-state index in [-0.39, 0.29) is 24.8 Å². The minimum Gasteiger partial charge on any atom is -0.481 e. The number of amides is 1. The first-order valence-corrected chi connectivity index (χ1v) is 7.53. The van der Waals surface area contributed by atoms with E-state index in [0.29, 0.717) is 12.3 Å². The maximum Gasteiger partial charge on any atom is 0.305 e. The average molecular weight is 307 g/mol. The Balaban J connectivity index is 2.71. The van der Waals surface area contributed by atoms with Gasteiger partial charge in [0.25, 0.3) is 5.91 Å². The fourth-order valence-corrected chi connectivity index (χ4v) is 2.16. The fraction of sp³-hybridized carbons (Fsp3) is 0.529. The maximum absolute atomic E-state index is 12.5. The molecule has 1 unspecified atom stereocenters. The highest BCUT2D eigenvalue weighted by Gasteiger charge is 2.23. The summed E-state index contributed by atoms with van der Waals surface area (Å²) in [6.07, 6.45) is -0.704. The van der Waals surface area contributed by atoms with Crippen molar-refractivity contribution in [3.05, 3.63) is 29.8 Å². The number of benzene rings is 1. The second-order valence-electron chi connectivity index (χ2n) is 5.90. The van der Waals surface area contributed by atoms with Crippen molar-refractivity contribution < 1.29 is 19.4 Å². The number of carboxylic acids is 1. The van der Waals surface area contributed by atoms with E-state index in [1.54, 1.807) is 17.9 Å². The summed E-state index contributed by atoms with van der Waals surface area (Å²) in [5, 5.41) is 8.81. The van der Waals surface area contributed by atoms with Crippen molar-refractivity contribution in [1.82, 2.24) is 4.90 Å². The van der Waals surface area contributed by atoms with E-state index >= 15 is 0 Å². The second-order valence-corrected chi connectivity index (χ2v) is 5.90. The Kier molecular flexibility index (Phi) is 6.89. The molecule has 0 bridgehead atoms. The van der Waals surface area contributed by atoms with Gasteiger partial charge in [0.2, 0.25) is 0 Å². The lowest BCUT2D eigenvalue weighted by atomic mass is 10.2. The highest BCUT2D eigenvalue weighted by Crippen LogP contribution is 2.15. The molecule has 1 amide bonds. The zero-order valence-electron chi connectivity index (χ0n) is 13.7. The molecule has 1 aromatic carbocycles. The van der Waals surface area contributed by atoms with Crippen LogP contribution in [-0.2, 0) is 9.59 Å². The lowest BCUT2D eigenvalue weighted by molar-refractivity contribution is -0.141. The van der Waals surface area contributed by atoms with Crippen LogP contribution in [0.3, 0.4) is 0 Å². The number of nitrogens with zero attached hydrogens (tertiary/aromatic N) is 1. The molecule has 0 saturated heterocycles. The SMILES string of the molecule is Cc1cccc(OC(C)C(=O)N(CCC(=O)O)CC(C)C)c1. The summed E-state index contributed by atoms with van der Waals surface area (Å²) in [6.45, 7) is 8.36. The fourth-order valence-electron chi connectivity index (χ4n) is 2.16. The largest absolute Gasteiger partial charge is 0.481 e. The van der Waals surface area contributed by atoms with Gasteiger partial charge in [0.15, 0.2) is 6.10 Å². The first-order chi connectivity index (χ1) is 10.3. The Morgan fingerprint density at radius 1 is 1.27 bits per heavy atom. The van der Waals surface area contributed by atoms with Gasteiger partial charge in [0, 0.05) is 13.1 Å². The Bertz CT molecular complexity index is 513. The number of hydrogen-bond donors (Lipinski definition) is 1. The van der Waals surface area contributed by atoms with E-state index < -0.39 is 12.1 Å². The van der Waals surface area contributed by atoms with Crippen molar-refractivity contribution in [3.8, 4) is 5.75 Å². The van der Waals surface area contributed by atoms with Crippen LogP contribution in [-0.4, -0.2) is 41.1 Å². The monoisotopic (exact) mass is 307 g/mol. The molecule has 1 N–H and O–H groups in total. The van der Waals surface area contributed by atoms with Crippen LogP contribution in [0.4, 0.5) is 0 Å². The van der Waals surface area contributed by atoms with Gasteiger partial charge in [-0.2, -0.15) is 0 Å². The van der Waals surface area contributed by atoms with Crippen LogP contribution in [0.15, 0.2) is 24.3 Å². The van der Waals surface area contributed by atoms with Crippen LogP contribution in [0.5, 0.6) is 5.75 Å². The summed E-state index contributed by atoms with van der Waals surface area (Å²) in [6, 6.07) is 7.50. The lowest BCUT2D eigenvalue weighted by Crippen LogP contribution is -2.43. The Morgan fingerprint density at radius 3 is 2.50 bits per heavy atom. The highest BCUT2D eigenvalue weighted by atomic mass is 16.5. The van der Waals surface area contributed by atoms with Gasteiger partial charge in [-0.25, -0.2) is 0 Å². The van der Waals surface area contributed by atoms with E-state index in [1.165, 1.54) is 0 Å². The zero-order valence-corrected chi connectivity index (χ0v) is 13.7. The number of carboxylic acid groups (broad SMARTS) is 1. The quantitative estimate of drug-likeness (QED) is 0.802. The Hall–Kier alpha value is -2.04. The van der Waals surface area contributed by atoms with Crippen LogP contribution in [0.25, 0.3) is 0 Å². The lowest BCUT2D eigenvalue weighted by Gasteiger charge is -2.27. The molecule has 122 valence electrons. The minimum atomic E-state index is -0.909. The molecule has 1 rings (SSSR count). The smallest absolute Gasteiger partial charge is 0.305 e. The van der Waals surface area contributed by atoms with Crippen LogP contribution in [0, 0.1) is 12.8 Å². The topological polar surface area (TPSA) is 66.8 Å². The van der Waals surface area contributed by atoms with Crippen molar-refractivity contribution >= 4 is 11.9 Å². The molecular formula is C17H25NO4. The molecule has 0 aliphatic heterocycles. The molecule has 0 aliphatic carbocycles. The number of hydrogen-bond acceptors (Lipinski definition) is 3. The van der Waals surface area contributed by atoms with Gasteiger partial charge in [0.1, 0.15) is 5.75 Å². The van der Waals surface area contributed by atoms with Crippen LogP contribution >= 0.6 is 0 Å². The molecule has 0 radical (unpaired) electrons. The van der Waals surface area contributed by atoms with Crippen molar-refractivity contribution in [2.75, 3.05) is 13.1 Å². The van der Waals surface area contributed by atoms with Gasteiger partial charge in [-0.3, -0.25) is 9.59 Å². The summed E-state index contributed by atoms with van der Waals surface area (Å²) in [7, 11) is 0. The van der Waals surface area contributed by atoms with Crippen molar-refractivity contribution in [2.45, 2.75) is 40.2 Å². The number of carbonyl (C=O) groups excluding carboxylic acids is 1. The minimum absolute atomic E-state index is 0.0599. The number of aliphatic carboxylic acids is 1. The Labute approximate surface area is 131 Å². The van der Waals surface area contributed by atoms with Gasteiger partial charge < -0.3 is 14.7 Å². The first-order valence-electron chi connectivity index (χ1n) is 7.53. The van der Waals surface area contributed by atoms with E-state index in [4.69, 9.17) is 9.84 Å². The molecule has 1 atom stereocenters.